The highest BCUT2D eigenvalue weighted by Gasteiger charge is 2.10. The maximum absolute atomic E-state index is 12.5. The highest BCUT2D eigenvalue weighted by atomic mass is 16.6. The van der Waals surface area contributed by atoms with Crippen LogP contribution in [0.2, 0.25) is 0 Å². The Morgan fingerprint density at radius 3 is 2.48 bits per heavy atom. The minimum absolute atomic E-state index is 0.0293. The van der Waals surface area contributed by atoms with Gasteiger partial charge in [-0.1, -0.05) is 48.5 Å². The highest BCUT2D eigenvalue weighted by molar-refractivity contribution is 6.03. The summed E-state index contributed by atoms with van der Waals surface area (Å²) in [6, 6.07) is 25.1. The molecule has 7 nitrogen and oxygen atoms in total. The molecule has 4 rings (SSSR count). The van der Waals surface area contributed by atoms with Gasteiger partial charge in [0.1, 0.15) is 12.4 Å². The van der Waals surface area contributed by atoms with Gasteiger partial charge < -0.3 is 4.74 Å². The van der Waals surface area contributed by atoms with Gasteiger partial charge in [-0.05, 0) is 53.1 Å². The normalized spacial score (nSPS) is 10.9. The molecule has 1 amide bonds. The van der Waals surface area contributed by atoms with Crippen LogP contribution < -0.4 is 10.2 Å². The van der Waals surface area contributed by atoms with Crippen molar-refractivity contribution >= 4 is 28.6 Å². The first-order valence-corrected chi connectivity index (χ1v) is 10.3. The number of rotatable bonds is 7. The number of hydrogen-bond acceptors (Lipinski definition) is 5. The fraction of sp³-hybridized carbons (Fsp3) is 0.0769. The second kappa shape index (κ2) is 9.74. The van der Waals surface area contributed by atoms with Crippen LogP contribution >= 0.6 is 0 Å². The van der Waals surface area contributed by atoms with Crippen LogP contribution in [-0.2, 0) is 6.61 Å². The van der Waals surface area contributed by atoms with E-state index >= 15 is 0 Å². The zero-order valence-corrected chi connectivity index (χ0v) is 17.9. The number of nitrogens with zero attached hydrogens (tertiary/aromatic N) is 2. The van der Waals surface area contributed by atoms with Crippen LogP contribution in [0.4, 0.5) is 5.69 Å². The Balaban J connectivity index is 1.57. The summed E-state index contributed by atoms with van der Waals surface area (Å²) >= 11 is 0. The molecule has 33 heavy (non-hydrogen) atoms. The minimum atomic E-state index is -0.437. The third-order valence-corrected chi connectivity index (χ3v) is 5.22. The average Bonchev–Trinajstić information content (AvgIpc) is 2.83. The number of nitro benzene ring substituents is 1. The standard InChI is InChI=1S/C26H21N3O4/c1-18-6-2-4-8-22(18)26(30)28-27-16-24-23-9-5-3-7-20(23)12-15-25(24)33-17-19-10-13-21(14-11-19)29(31)32/h2-16H,17H2,1H3,(H,28,30)/b27-16+. The van der Waals surface area contributed by atoms with E-state index in [4.69, 9.17) is 4.74 Å². The van der Waals surface area contributed by atoms with Gasteiger partial charge in [0.25, 0.3) is 11.6 Å². The maximum atomic E-state index is 12.5. The molecule has 0 aliphatic carbocycles. The molecule has 0 aliphatic heterocycles. The van der Waals surface area contributed by atoms with Crippen molar-refractivity contribution < 1.29 is 14.5 Å². The summed E-state index contributed by atoms with van der Waals surface area (Å²) < 4.78 is 6.02. The van der Waals surface area contributed by atoms with E-state index in [0.717, 1.165) is 27.5 Å². The Bertz CT molecular complexity index is 1350. The molecule has 164 valence electrons. The lowest BCUT2D eigenvalue weighted by Crippen LogP contribution is -2.18. The number of aryl methyl sites for hydroxylation is 1. The lowest BCUT2D eigenvalue weighted by molar-refractivity contribution is -0.384. The third kappa shape index (κ3) is 5.04. The summed E-state index contributed by atoms with van der Waals surface area (Å²) in [5, 5.41) is 17.0. The minimum Gasteiger partial charge on any atom is -0.488 e. The van der Waals surface area contributed by atoms with Gasteiger partial charge in [0, 0.05) is 23.3 Å². The predicted octanol–water partition coefficient (Wildman–Crippen LogP) is 5.40. The van der Waals surface area contributed by atoms with E-state index in [9.17, 15) is 14.9 Å². The average molecular weight is 439 g/mol. The Hall–Kier alpha value is -4.52. The Morgan fingerprint density at radius 2 is 1.73 bits per heavy atom. The van der Waals surface area contributed by atoms with Crippen LogP contribution in [0, 0.1) is 17.0 Å². The number of benzene rings is 4. The first-order chi connectivity index (χ1) is 16.0. The van der Waals surface area contributed by atoms with Crippen molar-refractivity contribution in [2.45, 2.75) is 13.5 Å². The molecule has 0 bridgehead atoms. The summed E-state index contributed by atoms with van der Waals surface area (Å²) in [6.45, 7) is 2.10. The van der Waals surface area contributed by atoms with Crippen molar-refractivity contribution in [3.63, 3.8) is 0 Å². The van der Waals surface area contributed by atoms with Gasteiger partial charge in [-0.15, -0.1) is 0 Å². The number of non-ortho nitro benzene ring substituents is 1. The predicted molar refractivity (Wildman–Crippen MR) is 128 cm³/mol. The Labute approximate surface area is 190 Å². The molecule has 0 heterocycles. The molecule has 4 aromatic rings. The first kappa shape index (κ1) is 21.7. The summed E-state index contributed by atoms with van der Waals surface area (Å²) in [5.41, 5.74) is 5.55. The van der Waals surface area contributed by atoms with E-state index in [1.165, 1.54) is 12.1 Å². The van der Waals surface area contributed by atoms with E-state index in [-0.39, 0.29) is 18.2 Å². The van der Waals surface area contributed by atoms with Crippen molar-refractivity contribution in [2.24, 2.45) is 5.10 Å². The van der Waals surface area contributed by atoms with Gasteiger partial charge in [-0.2, -0.15) is 5.10 Å². The van der Waals surface area contributed by atoms with Crippen molar-refractivity contribution in [1.82, 2.24) is 5.43 Å². The molecule has 0 aromatic heterocycles. The van der Waals surface area contributed by atoms with Gasteiger partial charge in [0.05, 0.1) is 11.1 Å². The fourth-order valence-corrected chi connectivity index (χ4v) is 3.45. The second-order valence-electron chi connectivity index (χ2n) is 7.42. The molecule has 7 heteroatoms. The number of hydrogen-bond donors (Lipinski definition) is 1. The molecule has 0 atom stereocenters. The van der Waals surface area contributed by atoms with Crippen LogP contribution in [0.25, 0.3) is 10.8 Å². The van der Waals surface area contributed by atoms with Crippen LogP contribution in [0.15, 0.2) is 90.0 Å². The van der Waals surface area contributed by atoms with E-state index in [1.807, 2.05) is 55.5 Å². The van der Waals surface area contributed by atoms with Crippen molar-refractivity contribution in [2.75, 3.05) is 0 Å². The molecule has 0 saturated heterocycles. The van der Waals surface area contributed by atoms with Gasteiger partial charge in [-0.25, -0.2) is 5.43 Å². The van der Waals surface area contributed by atoms with Crippen LogP contribution in [0.3, 0.4) is 0 Å². The zero-order valence-electron chi connectivity index (χ0n) is 17.9. The third-order valence-electron chi connectivity index (χ3n) is 5.22. The van der Waals surface area contributed by atoms with E-state index in [0.29, 0.717) is 11.3 Å². The summed E-state index contributed by atoms with van der Waals surface area (Å²) in [4.78, 5) is 22.9. The van der Waals surface area contributed by atoms with Crippen LogP contribution in [0.1, 0.15) is 27.0 Å². The van der Waals surface area contributed by atoms with Crippen molar-refractivity contribution in [3.05, 3.63) is 117 Å². The number of amides is 1. The van der Waals surface area contributed by atoms with Gasteiger partial charge in [0.15, 0.2) is 0 Å². The molecular weight excluding hydrogens is 418 g/mol. The largest absolute Gasteiger partial charge is 0.488 e. The number of hydrazone groups is 1. The SMILES string of the molecule is Cc1ccccc1C(=O)N/N=C/c1c(OCc2ccc([N+](=O)[O-])cc2)ccc2ccccc12. The first-order valence-electron chi connectivity index (χ1n) is 10.3. The van der Waals surface area contributed by atoms with Gasteiger partial charge in [0.2, 0.25) is 0 Å². The Morgan fingerprint density at radius 1 is 1.00 bits per heavy atom. The molecule has 0 spiro atoms. The van der Waals surface area contributed by atoms with E-state index in [2.05, 4.69) is 10.5 Å². The van der Waals surface area contributed by atoms with Gasteiger partial charge >= 0.3 is 0 Å². The van der Waals surface area contributed by atoms with Crippen LogP contribution in [0.5, 0.6) is 5.75 Å². The number of carbonyl (C=O) groups is 1. The van der Waals surface area contributed by atoms with Crippen molar-refractivity contribution in [3.8, 4) is 5.75 Å². The zero-order chi connectivity index (χ0) is 23.2. The van der Waals surface area contributed by atoms with E-state index < -0.39 is 4.92 Å². The highest BCUT2D eigenvalue weighted by Crippen LogP contribution is 2.27. The molecule has 0 aliphatic rings. The quantitative estimate of drug-likeness (QED) is 0.237. The Kier molecular flexibility index (Phi) is 6.40. The number of ether oxygens (including phenoxy) is 1. The number of nitrogens with one attached hydrogen (secondary N) is 1. The molecule has 4 aromatic carbocycles. The second-order valence-corrected chi connectivity index (χ2v) is 7.42. The molecule has 0 radical (unpaired) electrons. The number of carbonyl (C=O) groups excluding carboxylic acids is 1. The number of fused-ring (bicyclic) bond motifs is 1. The van der Waals surface area contributed by atoms with Gasteiger partial charge in [-0.3, -0.25) is 14.9 Å². The fourth-order valence-electron chi connectivity index (χ4n) is 3.45. The topological polar surface area (TPSA) is 93.8 Å². The number of nitro groups is 1. The molecule has 0 fully saturated rings. The van der Waals surface area contributed by atoms with Crippen molar-refractivity contribution in [1.29, 1.82) is 0 Å². The summed E-state index contributed by atoms with van der Waals surface area (Å²) in [7, 11) is 0. The monoisotopic (exact) mass is 439 g/mol. The lowest BCUT2D eigenvalue weighted by Gasteiger charge is -2.12. The van der Waals surface area contributed by atoms with E-state index in [1.54, 1.807) is 30.5 Å². The van der Waals surface area contributed by atoms with Crippen LogP contribution in [-0.4, -0.2) is 17.0 Å². The lowest BCUT2D eigenvalue weighted by atomic mass is 10.0. The molecule has 1 N–H and O–H groups in total. The summed E-state index contributed by atoms with van der Waals surface area (Å²) in [5.74, 6) is 0.291. The molecule has 0 unspecified atom stereocenters. The summed E-state index contributed by atoms with van der Waals surface area (Å²) in [6.07, 6.45) is 1.57. The maximum Gasteiger partial charge on any atom is 0.271 e. The molecular formula is C26H21N3O4. The molecule has 0 saturated carbocycles. The smallest absolute Gasteiger partial charge is 0.271 e.